The second kappa shape index (κ2) is 8.89. The largest absolute Gasteiger partial charge is 0.497 e. The number of methoxy groups -OCH3 is 1. The summed E-state index contributed by atoms with van der Waals surface area (Å²) in [6, 6.07) is 6.77. The second-order valence-corrected chi connectivity index (χ2v) is 7.60. The van der Waals surface area contributed by atoms with Gasteiger partial charge in [-0.15, -0.1) is 6.58 Å². The van der Waals surface area contributed by atoms with Crippen LogP contribution >= 0.6 is 0 Å². The fourth-order valence-corrected chi connectivity index (χ4v) is 4.21. The van der Waals surface area contributed by atoms with Crippen LogP contribution in [0.3, 0.4) is 0 Å². The van der Waals surface area contributed by atoms with Crippen LogP contribution in [0.25, 0.3) is 0 Å². The van der Waals surface area contributed by atoms with Gasteiger partial charge >= 0.3 is 6.03 Å². The van der Waals surface area contributed by atoms with Crippen LogP contribution in [0.2, 0.25) is 0 Å². The molecule has 1 aromatic rings. The number of urea groups is 1. The van der Waals surface area contributed by atoms with Gasteiger partial charge in [0.05, 0.1) is 44.2 Å². The van der Waals surface area contributed by atoms with E-state index in [1.807, 2.05) is 29.2 Å². The highest BCUT2D eigenvalue weighted by atomic mass is 16.5. The minimum atomic E-state index is -0.496. The molecule has 3 aliphatic rings. The van der Waals surface area contributed by atoms with E-state index in [2.05, 4.69) is 16.8 Å². The Morgan fingerprint density at radius 3 is 2.80 bits per heavy atom. The van der Waals surface area contributed by atoms with Gasteiger partial charge in [-0.25, -0.2) is 4.79 Å². The summed E-state index contributed by atoms with van der Waals surface area (Å²) in [5.41, 5.74) is 2.22. The van der Waals surface area contributed by atoms with Gasteiger partial charge in [0.25, 0.3) is 5.91 Å². The molecular formula is C22H28N4O4. The van der Waals surface area contributed by atoms with Gasteiger partial charge in [0, 0.05) is 32.7 Å². The Bertz CT molecular complexity index is 862. The molecule has 8 heteroatoms. The van der Waals surface area contributed by atoms with Crippen LogP contribution in [0.15, 0.2) is 48.2 Å². The molecule has 3 aliphatic heterocycles. The lowest BCUT2D eigenvalue weighted by Gasteiger charge is -2.33. The van der Waals surface area contributed by atoms with Crippen molar-refractivity contribution in [1.29, 1.82) is 0 Å². The van der Waals surface area contributed by atoms with Crippen LogP contribution in [0.4, 0.5) is 4.79 Å². The van der Waals surface area contributed by atoms with E-state index in [1.165, 1.54) is 0 Å². The van der Waals surface area contributed by atoms with Crippen LogP contribution < -0.4 is 10.1 Å². The number of benzene rings is 1. The molecule has 0 radical (unpaired) electrons. The van der Waals surface area contributed by atoms with Crippen LogP contribution in [0.5, 0.6) is 5.75 Å². The first-order chi connectivity index (χ1) is 14.6. The maximum absolute atomic E-state index is 13.4. The van der Waals surface area contributed by atoms with Crippen molar-refractivity contribution < 1.29 is 19.1 Å². The normalized spacial score (nSPS) is 22.2. The fourth-order valence-electron chi connectivity index (χ4n) is 4.21. The summed E-state index contributed by atoms with van der Waals surface area (Å²) in [5.74, 6) is 0.659. The number of rotatable bonds is 7. The van der Waals surface area contributed by atoms with Gasteiger partial charge in [-0.05, 0) is 17.7 Å². The second-order valence-electron chi connectivity index (χ2n) is 7.60. The molecule has 160 valence electrons. The highest BCUT2D eigenvalue weighted by Crippen LogP contribution is 2.37. The number of carbonyl (C=O) groups is 2. The van der Waals surface area contributed by atoms with Gasteiger partial charge in [0.1, 0.15) is 5.75 Å². The highest BCUT2D eigenvalue weighted by molar-refractivity contribution is 6.01. The minimum Gasteiger partial charge on any atom is -0.497 e. The number of morpholine rings is 1. The summed E-state index contributed by atoms with van der Waals surface area (Å²) in [7, 11) is 1.60. The van der Waals surface area contributed by atoms with Crippen LogP contribution in [-0.4, -0.2) is 86.2 Å². The van der Waals surface area contributed by atoms with Crippen LogP contribution in [-0.2, 0) is 9.53 Å². The molecule has 0 bridgehead atoms. The molecule has 1 atom stereocenters. The summed E-state index contributed by atoms with van der Waals surface area (Å²) in [6.07, 6.45) is 1.68. The molecule has 0 aromatic heterocycles. The molecule has 3 heterocycles. The van der Waals surface area contributed by atoms with Gasteiger partial charge in [-0.3, -0.25) is 14.6 Å². The zero-order valence-electron chi connectivity index (χ0n) is 17.3. The molecule has 4 rings (SSSR count). The zero-order valence-corrected chi connectivity index (χ0v) is 17.3. The van der Waals surface area contributed by atoms with Crippen molar-refractivity contribution in [2.45, 2.75) is 6.04 Å². The number of hydrogen-bond donors (Lipinski definition) is 1. The Morgan fingerprint density at radius 2 is 2.07 bits per heavy atom. The first kappa shape index (κ1) is 20.4. The molecule has 1 fully saturated rings. The van der Waals surface area contributed by atoms with Crippen LogP contribution in [0, 0.1) is 0 Å². The van der Waals surface area contributed by atoms with E-state index in [-0.39, 0.29) is 11.9 Å². The monoisotopic (exact) mass is 412 g/mol. The van der Waals surface area contributed by atoms with Crippen molar-refractivity contribution in [2.24, 2.45) is 0 Å². The van der Waals surface area contributed by atoms with E-state index in [9.17, 15) is 9.59 Å². The van der Waals surface area contributed by atoms with Crippen molar-refractivity contribution in [1.82, 2.24) is 20.0 Å². The average Bonchev–Trinajstić information content (AvgIpc) is 3.11. The standard InChI is InChI=1S/C22H28N4O4/c1-3-7-26-18-15-25(9-8-24-10-12-30-13-11-24)21(27)19(18)20(23-22(26)28)16-5-4-6-17(14-16)29-2/h3-6,14,20H,1,7-13,15H2,2H3,(H,23,28)/t20-/m1/s1. The maximum atomic E-state index is 13.4. The summed E-state index contributed by atoms with van der Waals surface area (Å²) in [5, 5.41) is 3.00. The van der Waals surface area contributed by atoms with Crippen LogP contribution in [0.1, 0.15) is 11.6 Å². The number of ether oxygens (including phenoxy) is 2. The molecular weight excluding hydrogens is 384 g/mol. The van der Waals surface area contributed by atoms with E-state index in [0.29, 0.717) is 31.0 Å². The van der Waals surface area contributed by atoms with Gasteiger partial charge in [-0.1, -0.05) is 18.2 Å². The highest BCUT2D eigenvalue weighted by Gasteiger charge is 2.43. The molecule has 0 spiro atoms. The minimum absolute atomic E-state index is 0.0276. The topological polar surface area (TPSA) is 74.4 Å². The van der Waals surface area contributed by atoms with Crippen molar-refractivity contribution >= 4 is 11.9 Å². The lowest BCUT2D eigenvalue weighted by atomic mass is 9.95. The summed E-state index contributed by atoms with van der Waals surface area (Å²) in [4.78, 5) is 32.0. The van der Waals surface area contributed by atoms with Crippen molar-refractivity contribution in [3.8, 4) is 5.75 Å². The van der Waals surface area contributed by atoms with Crippen molar-refractivity contribution in [3.05, 3.63) is 53.8 Å². The quantitative estimate of drug-likeness (QED) is 0.685. The summed E-state index contributed by atoms with van der Waals surface area (Å²) < 4.78 is 10.7. The maximum Gasteiger partial charge on any atom is 0.322 e. The molecule has 1 saturated heterocycles. The molecule has 0 unspecified atom stereocenters. The lowest BCUT2D eigenvalue weighted by Crippen LogP contribution is -2.47. The molecule has 8 nitrogen and oxygen atoms in total. The lowest BCUT2D eigenvalue weighted by molar-refractivity contribution is -0.126. The molecule has 30 heavy (non-hydrogen) atoms. The average molecular weight is 412 g/mol. The number of nitrogens with one attached hydrogen (secondary N) is 1. The Balaban J connectivity index is 1.59. The third-order valence-electron chi connectivity index (χ3n) is 5.83. The number of hydrogen-bond acceptors (Lipinski definition) is 5. The molecule has 3 amide bonds. The SMILES string of the molecule is C=CCN1C(=O)N[C@H](c2cccc(OC)c2)C2=C1CN(CCN1CCOCC1)C2=O. The van der Waals surface area contributed by atoms with Crippen molar-refractivity contribution in [2.75, 3.05) is 59.6 Å². The van der Waals surface area contributed by atoms with E-state index < -0.39 is 6.04 Å². The number of carbonyl (C=O) groups excluding carboxylic acids is 2. The van der Waals surface area contributed by atoms with E-state index in [0.717, 1.165) is 44.1 Å². The first-order valence-corrected chi connectivity index (χ1v) is 10.3. The Kier molecular flexibility index (Phi) is 6.06. The molecule has 0 aliphatic carbocycles. The number of amides is 3. The predicted octanol–water partition coefficient (Wildman–Crippen LogP) is 1.38. The number of nitrogens with zero attached hydrogens (tertiary/aromatic N) is 3. The summed E-state index contributed by atoms with van der Waals surface area (Å²) >= 11 is 0. The van der Waals surface area contributed by atoms with Crippen molar-refractivity contribution in [3.63, 3.8) is 0 Å². The predicted molar refractivity (Wildman–Crippen MR) is 112 cm³/mol. The van der Waals surface area contributed by atoms with Gasteiger partial charge in [0.2, 0.25) is 0 Å². The zero-order chi connectivity index (χ0) is 21.1. The Labute approximate surface area is 176 Å². The van der Waals surface area contributed by atoms with Gasteiger partial charge in [-0.2, -0.15) is 0 Å². The molecule has 0 saturated carbocycles. The van der Waals surface area contributed by atoms with E-state index in [4.69, 9.17) is 9.47 Å². The fraction of sp³-hybridized carbons (Fsp3) is 0.455. The Morgan fingerprint density at radius 1 is 1.27 bits per heavy atom. The Hall–Kier alpha value is -2.84. The van der Waals surface area contributed by atoms with E-state index >= 15 is 0 Å². The molecule has 1 aromatic carbocycles. The van der Waals surface area contributed by atoms with E-state index in [1.54, 1.807) is 18.1 Å². The summed E-state index contributed by atoms with van der Waals surface area (Å²) in [6.45, 7) is 9.18. The smallest absolute Gasteiger partial charge is 0.322 e. The third kappa shape index (κ3) is 3.93. The molecule has 1 N–H and O–H groups in total. The van der Waals surface area contributed by atoms with Gasteiger partial charge < -0.3 is 19.7 Å². The third-order valence-corrected chi connectivity index (χ3v) is 5.83. The van der Waals surface area contributed by atoms with Gasteiger partial charge in [0.15, 0.2) is 0 Å². The first-order valence-electron chi connectivity index (χ1n) is 10.3.